The van der Waals surface area contributed by atoms with Crippen molar-refractivity contribution >= 4 is 35.2 Å². The second-order valence-electron chi connectivity index (χ2n) is 6.68. The van der Waals surface area contributed by atoms with Crippen LogP contribution in [0.15, 0.2) is 48.5 Å². The van der Waals surface area contributed by atoms with Gasteiger partial charge in [0.25, 0.3) is 0 Å². The van der Waals surface area contributed by atoms with Gasteiger partial charge in [0.05, 0.1) is 10.6 Å². The summed E-state index contributed by atoms with van der Waals surface area (Å²) in [4.78, 5) is 25.6. The second-order valence-corrected chi connectivity index (χ2v) is 7.09. The van der Waals surface area contributed by atoms with Crippen molar-refractivity contribution in [2.75, 3.05) is 11.9 Å². The van der Waals surface area contributed by atoms with E-state index in [1.807, 2.05) is 6.07 Å². The largest absolute Gasteiger partial charge is 0.417 e. The lowest BCUT2D eigenvalue weighted by Crippen LogP contribution is -2.23. The number of hydrogen-bond donors (Lipinski definition) is 1. The molecule has 2 amide bonds. The van der Waals surface area contributed by atoms with Crippen LogP contribution in [0.4, 0.5) is 18.9 Å². The van der Waals surface area contributed by atoms with Crippen molar-refractivity contribution in [1.82, 2.24) is 4.90 Å². The minimum atomic E-state index is -4.57. The zero-order valence-corrected chi connectivity index (χ0v) is 16.1. The molecule has 0 spiro atoms. The summed E-state index contributed by atoms with van der Waals surface area (Å²) in [5.74, 6) is -0.369. The van der Waals surface area contributed by atoms with Crippen LogP contribution in [0.5, 0.6) is 0 Å². The first-order chi connectivity index (χ1) is 13.7. The van der Waals surface area contributed by atoms with Gasteiger partial charge in [0.2, 0.25) is 11.8 Å². The van der Waals surface area contributed by atoms with Gasteiger partial charge in [-0.25, -0.2) is 0 Å². The first kappa shape index (κ1) is 20.9. The Labute approximate surface area is 171 Å². The minimum Gasteiger partial charge on any atom is -0.338 e. The minimum absolute atomic E-state index is 0.114. The van der Waals surface area contributed by atoms with E-state index >= 15 is 0 Å². The Hall–Kier alpha value is -2.80. The molecule has 29 heavy (non-hydrogen) atoms. The number of rotatable bonds is 5. The Morgan fingerprint density at radius 3 is 2.69 bits per heavy atom. The number of carbonyl (C=O) groups excluding carboxylic acids is 2. The van der Waals surface area contributed by atoms with E-state index in [9.17, 15) is 22.8 Å². The molecule has 0 saturated carbocycles. The van der Waals surface area contributed by atoms with Crippen LogP contribution in [0, 0.1) is 0 Å². The summed E-state index contributed by atoms with van der Waals surface area (Å²) in [6.45, 7) is 1.20. The van der Waals surface area contributed by atoms with Crippen LogP contribution in [-0.2, 0) is 22.3 Å². The molecule has 2 aromatic rings. The van der Waals surface area contributed by atoms with Crippen LogP contribution in [0.25, 0.3) is 6.08 Å². The summed E-state index contributed by atoms with van der Waals surface area (Å²) >= 11 is 5.59. The van der Waals surface area contributed by atoms with Crippen molar-refractivity contribution in [2.45, 2.75) is 25.6 Å². The smallest absolute Gasteiger partial charge is 0.338 e. The van der Waals surface area contributed by atoms with Crippen molar-refractivity contribution in [3.8, 4) is 0 Å². The molecule has 1 heterocycles. The normalized spacial score (nSPS) is 14.6. The van der Waals surface area contributed by atoms with Crippen LogP contribution in [0.3, 0.4) is 0 Å². The lowest BCUT2D eigenvalue weighted by Gasteiger charge is -2.16. The molecule has 152 valence electrons. The van der Waals surface area contributed by atoms with E-state index in [-0.39, 0.29) is 11.5 Å². The fourth-order valence-electron chi connectivity index (χ4n) is 3.06. The molecule has 1 fully saturated rings. The summed E-state index contributed by atoms with van der Waals surface area (Å²) in [6, 6.07) is 10.5. The number of likely N-dealkylation sites (tertiary alicyclic amines) is 1. The highest BCUT2D eigenvalue weighted by Crippen LogP contribution is 2.35. The molecule has 3 rings (SSSR count). The maximum Gasteiger partial charge on any atom is 0.417 e. The monoisotopic (exact) mass is 422 g/mol. The van der Waals surface area contributed by atoms with Gasteiger partial charge in [0.15, 0.2) is 0 Å². The maximum absolute atomic E-state index is 12.9. The summed E-state index contributed by atoms with van der Waals surface area (Å²) < 4.78 is 38.7. The molecule has 0 atom stereocenters. The molecule has 1 N–H and O–H groups in total. The average Bonchev–Trinajstić information content (AvgIpc) is 3.05. The fraction of sp³-hybridized carbons (Fsp3) is 0.238. The van der Waals surface area contributed by atoms with E-state index in [4.69, 9.17) is 11.6 Å². The molecule has 0 aromatic heterocycles. The van der Waals surface area contributed by atoms with E-state index in [0.717, 1.165) is 36.7 Å². The lowest BCUT2D eigenvalue weighted by atomic mass is 10.1. The van der Waals surface area contributed by atoms with E-state index in [1.165, 1.54) is 12.1 Å². The number of halogens is 4. The van der Waals surface area contributed by atoms with Crippen LogP contribution in [0.2, 0.25) is 5.02 Å². The Kier molecular flexibility index (Phi) is 6.27. The van der Waals surface area contributed by atoms with Gasteiger partial charge >= 0.3 is 6.18 Å². The Bertz CT molecular complexity index is 957. The number of amides is 2. The third-order valence-electron chi connectivity index (χ3n) is 4.46. The Morgan fingerprint density at radius 1 is 1.21 bits per heavy atom. The molecule has 0 aliphatic carbocycles. The van der Waals surface area contributed by atoms with Crippen LogP contribution < -0.4 is 5.32 Å². The molecule has 1 aliphatic heterocycles. The molecule has 0 radical (unpaired) electrons. The van der Waals surface area contributed by atoms with Gasteiger partial charge in [0.1, 0.15) is 0 Å². The van der Waals surface area contributed by atoms with Crippen molar-refractivity contribution in [1.29, 1.82) is 0 Å². The van der Waals surface area contributed by atoms with Crippen LogP contribution >= 0.6 is 11.6 Å². The lowest BCUT2D eigenvalue weighted by molar-refractivity contribution is -0.137. The molecule has 8 heteroatoms. The van der Waals surface area contributed by atoms with Gasteiger partial charge in [-0.2, -0.15) is 13.2 Å². The molecular formula is C21H18ClF3N2O2. The maximum atomic E-state index is 12.9. The summed E-state index contributed by atoms with van der Waals surface area (Å²) in [6.07, 6.45) is -0.725. The van der Waals surface area contributed by atoms with Crippen molar-refractivity contribution in [3.05, 3.63) is 70.3 Å². The third kappa shape index (κ3) is 5.60. The van der Waals surface area contributed by atoms with E-state index in [0.29, 0.717) is 18.7 Å². The van der Waals surface area contributed by atoms with Crippen molar-refractivity contribution in [3.63, 3.8) is 0 Å². The number of hydrogen-bond acceptors (Lipinski definition) is 2. The summed E-state index contributed by atoms with van der Waals surface area (Å²) in [5.41, 5.74) is 0.675. The molecule has 2 aromatic carbocycles. The second kappa shape index (κ2) is 8.69. The number of nitrogens with zero attached hydrogens (tertiary/aromatic N) is 1. The predicted molar refractivity (Wildman–Crippen MR) is 105 cm³/mol. The highest BCUT2D eigenvalue weighted by Gasteiger charge is 2.33. The first-order valence-electron chi connectivity index (χ1n) is 8.95. The number of alkyl halides is 3. The van der Waals surface area contributed by atoms with Gasteiger partial charge in [0, 0.05) is 31.3 Å². The predicted octanol–water partition coefficient (Wildman–Crippen LogP) is 5.13. The quantitative estimate of drug-likeness (QED) is 0.679. The number of benzene rings is 2. The number of carbonyl (C=O) groups is 2. The Balaban J connectivity index is 1.65. The molecular weight excluding hydrogens is 405 g/mol. The molecule has 1 saturated heterocycles. The topological polar surface area (TPSA) is 49.4 Å². The standard InChI is InChI=1S/C21H18ClF3N2O2/c22-18-8-6-14(12-17(18)21(23,24)25)7-9-19(28)26-16-4-1-3-15(11-16)13-27-10-2-5-20(27)29/h1,3-4,6-9,11-12H,2,5,10,13H2,(H,26,28)/b9-7+. The summed E-state index contributed by atoms with van der Waals surface area (Å²) in [5, 5.41) is 2.27. The van der Waals surface area contributed by atoms with Crippen LogP contribution in [0.1, 0.15) is 29.5 Å². The van der Waals surface area contributed by atoms with Crippen molar-refractivity contribution < 1.29 is 22.8 Å². The van der Waals surface area contributed by atoms with Crippen molar-refractivity contribution in [2.24, 2.45) is 0 Å². The average molecular weight is 423 g/mol. The highest BCUT2D eigenvalue weighted by atomic mass is 35.5. The van der Waals surface area contributed by atoms with Gasteiger partial charge in [-0.1, -0.05) is 29.8 Å². The number of nitrogens with one attached hydrogen (secondary N) is 1. The highest BCUT2D eigenvalue weighted by molar-refractivity contribution is 6.31. The summed E-state index contributed by atoms with van der Waals surface area (Å²) in [7, 11) is 0. The van der Waals surface area contributed by atoms with Gasteiger partial charge in [-0.05, 0) is 47.9 Å². The zero-order chi connectivity index (χ0) is 21.0. The van der Waals surface area contributed by atoms with Crippen LogP contribution in [-0.4, -0.2) is 23.3 Å². The zero-order valence-electron chi connectivity index (χ0n) is 15.3. The molecule has 1 aliphatic rings. The Morgan fingerprint density at radius 2 is 2.00 bits per heavy atom. The van der Waals surface area contributed by atoms with Gasteiger partial charge < -0.3 is 10.2 Å². The molecule has 4 nitrogen and oxygen atoms in total. The number of anilines is 1. The molecule has 0 unspecified atom stereocenters. The van der Waals surface area contributed by atoms with Gasteiger partial charge in [-0.3, -0.25) is 9.59 Å². The van der Waals surface area contributed by atoms with Gasteiger partial charge in [-0.15, -0.1) is 0 Å². The fourth-order valence-corrected chi connectivity index (χ4v) is 3.28. The van der Waals surface area contributed by atoms with E-state index < -0.39 is 22.7 Å². The third-order valence-corrected chi connectivity index (χ3v) is 4.79. The molecule has 0 bridgehead atoms. The SMILES string of the molecule is O=C(/C=C/c1ccc(Cl)c(C(F)(F)F)c1)Nc1cccc(CN2CCCC2=O)c1. The van der Waals surface area contributed by atoms with E-state index in [2.05, 4.69) is 5.32 Å². The van der Waals surface area contributed by atoms with E-state index in [1.54, 1.807) is 23.1 Å². The first-order valence-corrected chi connectivity index (χ1v) is 9.33.